The molecule has 0 aliphatic heterocycles. The molecular weight excluding hydrogens is 544 g/mol. The fourth-order valence-electron chi connectivity index (χ4n) is 6.70. The summed E-state index contributed by atoms with van der Waals surface area (Å²) in [5.41, 5.74) is 8.95. The first kappa shape index (κ1) is 23.5. The Morgan fingerprint density at radius 3 is 1.70 bits per heavy atom. The van der Waals surface area contributed by atoms with Gasteiger partial charge >= 0.3 is 0 Å². The van der Waals surface area contributed by atoms with E-state index in [-0.39, 0.29) is 0 Å². The number of furan rings is 3. The van der Waals surface area contributed by atoms with Crippen LogP contribution in [-0.2, 0) is 0 Å². The molecule has 0 N–H and O–H groups in total. The number of anilines is 3. The van der Waals surface area contributed by atoms with Crippen LogP contribution in [0.5, 0.6) is 0 Å². The normalized spacial score (nSPS) is 12.1. The fraction of sp³-hybridized carbons (Fsp3) is 0. The molecule has 6 aromatic carbocycles. The lowest BCUT2D eigenvalue weighted by Crippen LogP contribution is -2.10. The van der Waals surface area contributed by atoms with E-state index in [2.05, 4.69) is 94.8 Å². The van der Waals surface area contributed by atoms with Crippen molar-refractivity contribution in [3.63, 3.8) is 0 Å². The minimum atomic E-state index is 0.813. The van der Waals surface area contributed by atoms with Crippen molar-refractivity contribution in [3.05, 3.63) is 134 Å². The van der Waals surface area contributed by atoms with E-state index in [9.17, 15) is 0 Å². The molecule has 0 atom stereocenters. The van der Waals surface area contributed by atoms with Crippen molar-refractivity contribution in [3.8, 4) is 0 Å². The number of hydrogen-bond donors (Lipinski definition) is 0. The van der Waals surface area contributed by atoms with Crippen molar-refractivity contribution >= 4 is 93.8 Å². The first-order valence-electron chi connectivity index (χ1n) is 14.6. The quantitative estimate of drug-likeness (QED) is 0.213. The number of hydrogen-bond acceptors (Lipinski definition) is 5. The van der Waals surface area contributed by atoms with Gasteiger partial charge in [0.25, 0.3) is 0 Å². The first-order chi connectivity index (χ1) is 21.8. The number of nitrogens with zero attached hydrogens (tertiary/aromatic N) is 2. The highest BCUT2D eigenvalue weighted by molar-refractivity contribution is 6.17. The number of rotatable bonds is 3. The minimum Gasteiger partial charge on any atom is -0.456 e. The predicted molar refractivity (Wildman–Crippen MR) is 178 cm³/mol. The lowest BCUT2D eigenvalue weighted by atomic mass is 10.1. The highest BCUT2D eigenvalue weighted by Gasteiger charge is 2.22. The zero-order chi connectivity index (χ0) is 28.8. The van der Waals surface area contributed by atoms with Crippen LogP contribution in [-0.4, -0.2) is 4.98 Å². The summed E-state index contributed by atoms with van der Waals surface area (Å²) in [4.78, 5) is 6.83. The van der Waals surface area contributed by atoms with Crippen LogP contribution < -0.4 is 4.90 Å². The van der Waals surface area contributed by atoms with E-state index in [1.807, 2.05) is 48.7 Å². The van der Waals surface area contributed by atoms with Gasteiger partial charge in [0, 0.05) is 55.3 Å². The van der Waals surface area contributed by atoms with Gasteiger partial charge in [-0.25, -0.2) is 0 Å². The first-order valence-corrected chi connectivity index (χ1v) is 14.6. The number of benzene rings is 6. The van der Waals surface area contributed by atoms with Gasteiger partial charge in [0.2, 0.25) is 0 Å². The predicted octanol–water partition coefficient (Wildman–Crippen LogP) is 11.4. The zero-order valence-electron chi connectivity index (χ0n) is 23.3. The second-order valence-electron chi connectivity index (χ2n) is 11.2. The van der Waals surface area contributed by atoms with Gasteiger partial charge in [-0.1, -0.05) is 48.5 Å². The van der Waals surface area contributed by atoms with E-state index in [4.69, 9.17) is 13.3 Å². The largest absolute Gasteiger partial charge is 0.456 e. The summed E-state index contributed by atoms with van der Waals surface area (Å²) < 4.78 is 19.2. The van der Waals surface area contributed by atoms with Crippen molar-refractivity contribution in [1.29, 1.82) is 0 Å². The SMILES string of the molecule is c1ccc2c(c1)oc1ccc(N(c3ccc4oc5ccccc5c4c3)c3cccc4c3oc3c5cccnc5ccc43)cc12. The highest BCUT2D eigenvalue weighted by atomic mass is 16.3. The Hall–Kier alpha value is -6.07. The lowest BCUT2D eigenvalue weighted by Gasteiger charge is -2.25. The Morgan fingerprint density at radius 2 is 1.00 bits per heavy atom. The molecule has 5 nitrogen and oxygen atoms in total. The molecule has 0 aliphatic carbocycles. The van der Waals surface area contributed by atoms with Gasteiger partial charge in [0.15, 0.2) is 5.58 Å². The van der Waals surface area contributed by atoms with Crippen LogP contribution in [0.1, 0.15) is 0 Å². The van der Waals surface area contributed by atoms with Gasteiger partial charge in [0.05, 0.1) is 11.2 Å². The third-order valence-corrected chi connectivity index (χ3v) is 8.70. The molecule has 0 aliphatic rings. The summed E-state index contributed by atoms with van der Waals surface area (Å²) in [7, 11) is 0. The Kier molecular flexibility index (Phi) is 4.66. The molecule has 0 amide bonds. The maximum absolute atomic E-state index is 6.79. The van der Waals surface area contributed by atoms with E-state index >= 15 is 0 Å². The van der Waals surface area contributed by atoms with E-state index in [1.54, 1.807) is 0 Å². The molecule has 0 saturated heterocycles. The summed E-state index contributed by atoms with van der Waals surface area (Å²) >= 11 is 0. The number of aromatic nitrogens is 1. The molecule has 4 heterocycles. The Balaban J connectivity index is 1.29. The molecule has 44 heavy (non-hydrogen) atoms. The standard InChI is InChI=1S/C39H22N2O3/c1-3-12-34-25(7-1)30-21-23(14-18-36(30)42-34)41(24-15-19-37-31(22-24)26-8-2-4-13-35(26)43-37)33-11-5-9-27-28-16-17-32-29(10-6-20-40-32)38(28)44-39(27)33/h1-22H. The van der Waals surface area contributed by atoms with Gasteiger partial charge in [-0.15, -0.1) is 0 Å². The molecule has 0 spiro atoms. The van der Waals surface area contributed by atoms with Gasteiger partial charge in [0.1, 0.15) is 27.9 Å². The molecule has 0 unspecified atom stereocenters. The second kappa shape index (κ2) is 8.72. The molecule has 4 aromatic heterocycles. The third-order valence-electron chi connectivity index (χ3n) is 8.70. The van der Waals surface area contributed by atoms with Crippen LogP contribution in [0.3, 0.4) is 0 Å². The minimum absolute atomic E-state index is 0.813. The Bertz CT molecular complexity index is 2630. The molecule has 10 aromatic rings. The number of pyridine rings is 1. The van der Waals surface area contributed by atoms with E-state index < -0.39 is 0 Å². The molecular formula is C39H22N2O3. The molecule has 0 fully saturated rings. The second-order valence-corrected chi connectivity index (χ2v) is 11.2. The summed E-state index contributed by atoms with van der Waals surface area (Å²) in [5, 5.41) is 7.41. The summed E-state index contributed by atoms with van der Waals surface area (Å²) in [6.45, 7) is 0. The average Bonchev–Trinajstić information content (AvgIpc) is 3.76. The zero-order valence-corrected chi connectivity index (χ0v) is 23.3. The van der Waals surface area contributed by atoms with E-state index in [0.717, 1.165) is 93.8 Å². The molecule has 0 radical (unpaired) electrons. The number of fused-ring (bicyclic) bond motifs is 11. The van der Waals surface area contributed by atoms with Gasteiger partial charge in [-0.2, -0.15) is 0 Å². The van der Waals surface area contributed by atoms with Crippen LogP contribution in [0.2, 0.25) is 0 Å². The van der Waals surface area contributed by atoms with Crippen LogP contribution >= 0.6 is 0 Å². The van der Waals surface area contributed by atoms with Gasteiger partial charge in [-0.05, 0) is 78.9 Å². The third kappa shape index (κ3) is 3.26. The Labute approximate surface area is 250 Å². The van der Waals surface area contributed by atoms with Crippen LogP contribution in [0.25, 0.3) is 76.7 Å². The smallest absolute Gasteiger partial charge is 0.159 e. The maximum atomic E-state index is 6.79. The molecule has 0 bridgehead atoms. The summed E-state index contributed by atoms with van der Waals surface area (Å²) in [5.74, 6) is 0. The molecule has 0 saturated carbocycles. The van der Waals surface area contributed by atoms with Crippen molar-refractivity contribution in [2.45, 2.75) is 0 Å². The lowest BCUT2D eigenvalue weighted by molar-refractivity contribution is 0.668. The molecule has 206 valence electrons. The van der Waals surface area contributed by atoms with Crippen LogP contribution in [0.4, 0.5) is 17.1 Å². The fourth-order valence-corrected chi connectivity index (χ4v) is 6.70. The maximum Gasteiger partial charge on any atom is 0.159 e. The van der Waals surface area contributed by atoms with Gasteiger partial charge in [-0.3, -0.25) is 4.98 Å². The molecule has 10 rings (SSSR count). The van der Waals surface area contributed by atoms with Crippen LogP contribution in [0, 0.1) is 0 Å². The van der Waals surface area contributed by atoms with Crippen LogP contribution in [0.15, 0.2) is 147 Å². The molecule has 5 heteroatoms. The summed E-state index contributed by atoms with van der Waals surface area (Å²) in [6, 6.07) is 43.7. The highest BCUT2D eigenvalue weighted by Crippen LogP contribution is 2.45. The van der Waals surface area contributed by atoms with Crippen molar-refractivity contribution in [2.75, 3.05) is 4.90 Å². The monoisotopic (exact) mass is 566 g/mol. The van der Waals surface area contributed by atoms with E-state index in [1.165, 1.54) is 0 Å². The average molecular weight is 567 g/mol. The van der Waals surface area contributed by atoms with Crippen molar-refractivity contribution in [1.82, 2.24) is 4.98 Å². The van der Waals surface area contributed by atoms with Crippen molar-refractivity contribution in [2.24, 2.45) is 0 Å². The van der Waals surface area contributed by atoms with E-state index in [0.29, 0.717) is 0 Å². The number of para-hydroxylation sites is 3. The Morgan fingerprint density at radius 1 is 0.409 bits per heavy atom. The topological polar surface area (TPSA) is 55.6 Å². The van der Waals surface area contributed by atoms with Gasteiger partial charge < -0.3 is 18.2 Å². The summed E-state index contributed by atoms with van der Waals surface area (Å²) in [6.07, 6.45) is 1.81. The van der Waals surface area contributed by atoms with Crippen molar-refractivity contribution < 1.29 is 13.3 Å².